The van der Waals surface area contributed by atoms with Gasteiger partial charge in [0, 0.05) is 5.56 Å². The Bertz CT molecular complexity index is 724. The lowest BCUT2D eigenvalue weighted by Crippen LogP contribution is -2.31. The highest BCUT2D eigenvalue weighted by Gasteiger charge is 2.36. The second-order valence-corrected chi connectivity index (χ2v) is 12.4. The molecule has 0 nitrogen and oxygen atoms in total. The van der Waals surface area contributed by atoms with Gasteiger partial charge in [-0.15, -0.1) is 0 Å². The number of halogens is 2. The molecule has 192 valence electrons. The summed E-state index contributed by atoms with van der Waals surface area (Å²) in [6.45, 7) is 4.38. The molecule has 1 aromatic carbocycles. The number of rotatable bonds is 10. The lowest BCUT2D eigenvalue weighted by Gasteiger charge is -2.43. The summed E-state index contributed by atoms with van der Waals surface area (Å²) >= 11 is 0. The fourth-order valence-electron chi connectivity index (χ4n) is 7.78. The number of fused-ring (bicyclic) bond motifs is 1. The first-order valence-electron chi connectivity index (χ1n) is 15.0. The minimum atomic E-state index is -0.311. The number of unbranched alkanes of at least 4 members (excludes halogenated alkanes) is 2. The molecular weight excluding hydrogens is 422 g/mol. The second kappa shape index (κ2) is 12.9. The summed E-state index contributed by atoms with van der Waals surface area (Å²) in [7, 11) is 0. The molecule has 0 N–H and O–H groups in total. The lowest BCUT2D eigenvalue weighted by molar-refractivity contribution is 0.108. The molecule has 3 saturated carbocycles. The van der Waals surface area contributed by atoms with Crippen molar-refractivity contribution in [3.8, 4) is 0 Å². The zero-order chi connectivity index (χ0) is 23.9. The number of benzene rings is 1. The SMILES string of the molecule is CCCCc1c(F)cc(C2CCC3CC(CCC4CCC(CCCC)CC4)CCC3C2)cc1F. The predicted molar refractivity (Wildman–Crippen MR) is 140 cm³/mol. The van der Waals surface area contributed by atoms with E-state index in [0.717, 1.165) is 60.8 Å². The van der Waals surface area contributed by atoms with Crippen LogP contribution in [0.1, 0.15) is 140 Å². The van der Waals surface area contributed by atoms with Crippen molar-refractivity contribution in [1.82, 2.24) is 0 Å². The molecule has 0 bridgehead atoms. The largest absolute Gasteiger partial charge is 0.207 e. The minimum absolute atomic E-state index is 0.300. The minimum Gasteiger partial charge on any atom is -0.207 e. The van der Waals surface area contributed by atoms with E-state index in [0.29, 0.717) is 17.9 Å². The average Bonchev–Trinajstić information content (AvgIpc) is 2.86. The van der Waals surface area contributed by atoms with Crippen molar-refractivity contribution in [2.24, 2.45) is 29.6 Å². The van der Waals surface area contributed by atoms with E-state index in [1.807, 2.05) is 0 Å². The van der Waals surface area contributed by atoms with Gasteiger partial charge in [0.05, 0.1) is 0 Å². The number of hydrogen-bond acceptors (Lipinski definition) is 0. The third-order valence-electron chi connectivity index (χ3n) is 10.1. The maximum Gasteiger partial charge on any atom is 0.129 e. The van der Waals surface area contributed by atoms with Crippen LogP contribution in [0.5, 0.6) is 0 Å². The van der Waals surface area contributed by atoms with Crippen molar-refractivity contribution in [1.29, 1.82) is 0 Å². The van der Waals surface area contributed by atoms with Gasteiger partial charge in [-0.2, -0.15) is 0 Å². The molecule has 3 fully saturated rings. The maximum atomic E-state index is 14.6. The maximum absolute atomic E-state index is 14.6. The van der Waals surface area contributed by atoms with E-state index in [1.54, 1.807) is 12.1 Å². The van der Waals surface area contributed by atoms with Crippen molar-refractivity contribution < 1.29 is 8.78 Å². The van der Waals surface area contributed by atoms with Gasteiger partial charge in [0.1, 0.15) is 11.6 Å². The third-order valence-corrected chi connectivity index (χ3v) is 10.1. The first-order chi connectivity index (χ1) is 16.6. The Hall–Kier alpha value is -0.920. The third kappa shape index (κ3) is 6.85. The summed E-state index contributed by atoms with van der Waals surface area (Å²) in [4.78, 5) is 0. The zero-order valence-electron chi connectivity index (χ0n) is 22.1. The van der Waals surface area contributed by atoms with Crippen LogP contribution in [0.2, 0.25) is 0 Å². The summed E-state index contributed by atoms with van der Waals surface area (Å²) in [6.07, 6.45) is 23.1. The highest BCUT2D eigenvalue weighted by molar-refractivity contribution is 5.29. The Balaban J connectivity index is 1.22. The van der Waals surface area contributed by atoms with Crippen LogP contribution in [-0.4, -0.2) is 0 Å². The van der Waals surface area contributed by atoms with Crippen LogP contribution in [0.25, 0.3) is 0 Å². The fourth-order valence-corrected chi connectivity index (χ4v) is 7.78. The van der Waals surface area contributed by atoms with Gasteiger partial charge in [0.25, 0.3) is 0 Å². The molecule has 4 rings (SSSR count). The van der Waals surface area contributed by atoms with Gasteiger partial charge in [-0.1, -0.05) is 84.5 Å². The Labute approximate surface area is 208 Å². The van der Waals surface area contributed by atoms with Crippen molar-refractivity contribution in [3.05, 3.63) is 34.9 Å². The van der Waals surface area contributed by atoms with Crippen molar-refractivity contribution in [2.45, 2.75) is 135 Å². The van der Waals surface area contributed by atoms with E-state index in [1.165, 1.54) is 83.5 Å². The van der Waals surface area contributed by atoms with Crippen LogP contribution < -0.4 is 0 Å². The molecule has 3 aliphatic carbocycles. The smallest absolute Gasteiger partial charge is 0.129 e. The molecule has 3 aliphatic rings. The monoisotopic (exact) mass is 472 g/mol. The summed E-state index contributed by atoms with van der Waals surface area (Å²) in [5.74, 6) is 4.32. The van der Waals surface area contributed by atoms with Crippen LogP contribution in [-0.2, 0) is 6.42 Å². The first kappa shape index (κ1) is 26.2. The van der Waals surface area contributed by atoms with Gasteiger partial charge in [0.15, 0.2) is 0 Å². The van der Waals surface area contributed by atoms with E-state index in [9.17, 15) is 8.78 Å². The van der Waals surface area contributed by atoms with Crippen molar-refractivity contribution >= 4 is 0 Å². The Morgan fingerprint density at radius 3 is 1.88 bits per heavy atom. The van der Waals surface area contributed by atoms with Gasteiger partial charge >= 0.3 is 0 Å². The highest BCUT2D eigenvalue weighted by atomic mass is 19.1. The van der Waals surface area contributed by atoms with Crippen LogP contribution in [0.4, 0.5) is 8.78 Å². The molecule has 4 unspecified atom stereocenters. The molecular formula is C32H50F2. The molecule has 1 aromatic rings. The van der Waals surface area contributed by atoms with E-state index in [-0.39, 0.29) is 11.6 Å². The molecule has 2 heteroatoms. The molecule has 34 heavy (non-hydrogen) atoms. The topological polar surface area (TPSA) is 0 Å². The molecule has 0 radical (unpaired) electrons. The Morgan fingerprint density at radius 1 is 0.647 bits per heavy atom. The summed E-state index contributed by atoms with van der Waals surface area (Å²) in [5, 5.41) is 0. The summed E-state index contributed by atoms with van der Waals surface area (Å²) < 4.78 is 29.3. The van der Waals surface area contributed by atoms with Crippen LogP contribution >= 0.6 is 0 Å². The Kier molecular flexibility index (Phi) is 9.89. The predicted octanol–water partition coefficient (Wildman–Crippen LogP) is 10.4. The molecule has 4 atom stereocenters. The van der Waals surface area contributed by atoms with Gasteiger partial charge in [0.2, 0.25) is 0 Å². The quantitative estimate of drug-likeness (QED) is 0.318. The number of hydrogen-bond donors (Lipinski definition) is 0. The van der Waals surface area contributed by atoms with Crippen molar-refractivity contribution in [3.63, 3.8) is 0 Å². The summed E-state index contributed by atoms with van der Waals surface area (Å²) in [5.41, 5.74) is 1.22. The molecule has 0 amide bonds. The van der Waals surface area contributed by atoms with Crippen LogP contribution in [0, 0.1) is 41.2 Å². The fraction of sp³-hybridized carbons (Fsp3) is 0.812. The van der Waals surface area contributed by atoms with Gasteiger partial charge < -0.3 is 0 Å². The summed E-state index contributed by atoms with van der Waals surface area (Å²) in [6, 6.07) is 3.34. The van der Waals surface area contributed by atoms with Crippen molar-refractivity contribution in [2.75, 3.05) is 0 Å². The Morgan fingerprint density at radius 2 is 1.21 bits per heavy atom. The van der Waals surface area contributed by atoms with Gasteiger partial charge in [-0.25, -0.2) is 8.78 Å². The van der Waals surface area contributed by atoms with Gasteiger partial charge in [-0.05, 0) is 98.1 Å². The molecule has 0 heterocycles. The molecule has 0 saturated heterocycles. The first-order valence-corrected chi connectivity index (χ1v) is 15.0. The second-order valence-electron chi connectivity index (χ2n) is 12.4. The van der Waals surface area contributed by atoms with E-state index in [4.69, 9.17) is 0 Å². The molecule has 0 aromatic heterocycles. The average molecular weight is 473 g/mol. The highest BCUT2D eigenvalue weighted by Crippen LogP contribution is 2.49. The lowest BCUT2D eigenvalue weighted by atomic mass is 9.63. The van der Waals surface area contributed by atoms with Crippen LogP contribution in [0.15, 0.2) is 12.1 Å². The molecule has 0 aliphatic heterocycles. The van der Waals surface area contributed by atoms with E-state index < -0.39 is 0 Å². The van der Waals surface area contributed by atoms with E-state index in [2.05, 4.69) is 13.8 Å². The normalized spacial score (nSPS) is 31.9. The standard InChI is InChI=1S/C32H50F2/c1-3-5-7-23-9-11-24(12-10-23)13-14-25-15-16-27-20-28(18-17-26(27)19-25)29-21-31(33)30(8-6-4-2)32(34)22-29/h21-28H,3-20H2,1-2H3. The van der Waals surface area contributed by atoms with Crippen LogP contribution in [0.3, 0.4) is 0 Å². The molecule has 0 spiro atoms. The van der Waals surface area contributed by atoms with E-state index >= 15 is 0 Å². The zero-order valence-corrected chi connectivity index (χ0v) is 22.1. The van der Waals surface area contributed by atoms with Gasteiger partial charge in [-0.3, -0.25) is 0 Å².